The minimum absolute atomic E-state index is 0.0551. The van der Waals surface area contributed by atoms with Gasteiger partial charge in [-0.15, -0.1) is 5.10 Å². The summed E-state index contributed by atoms with van der Waals surface area (Å²) in [5.41, 5.74) is 0.812. The first-order valence-corrected chi connectivity index (χ1v) is 9.09. The Morgan fingerprint density at radius 2 is 2.04 bits per heavy atom. The molecule has 0 atom stereocenters. The summed E-state index contributed by atoms with van der Waals surface area (Å²) in [6, 6.07) is 10.4. The zero-order valence-corrected chi connectivity index (χ0v) is 16.0. The number of rotatable bonds is 6. The molecule has 0 saturated heterocycles. The van der Waals surface area contributed by atoms with Crippen LogP contribution in [0.5, 0.6) is 0 Å². The molecule has 3 aromatic rings. The van der Waals surface area contributed by atoms with Crippen LogP contribution in [0.4, 0.5) is 5.95 Å². The lowest BCUT2D eigenvalue weighted by molar-refractivity contribution is 0.0951. The van der Waals surface area contributed by atoms with Gasteiger partial charge < -0.3 is 4.42 Å². The molecule has 10 heteroatoms. The van der Waals surface area contributed by atoms with Crippen molar-refractivity contribution in [3.8, 4) is 11.3 Å². The molecule has 0 aliphatic rings. The maximum absolute atomic E-state index is 12.3. The third-order valence-electron chi connectivity index (χ3n) is 3.58. The van der Waals surface area contributed by atoms with E-state index in [9.17, 15) is 4.79 Å². The molecule has 0 bridgehead atoms. The van der Waals surface area contributed by atoms with Crippen molar-refractivity contribution >= 4 is 40.8 Å². The predicted molar refractivity (Wildman–Crippen MR) is 106 cm³/mol. The van der Waals surface area contributed by atoms with Gasteiger partial charge in [0, 0.05) is 10.6 Å². The molecule has 0 aliphatic heterocycles. The first kappa shape index (κ1) is 19.0. The van der Waals surface area contributed by atoms with Gasteiger partial charge in [0.25, 0.3) is 11.9 Å². The number of aromatic nitrogens is 4. The summed E-state index contributed by atoms with van der Waals surface area (Å²) in [4.78, 5) is 13.7. The van der Waals surface area contributed by atoms with Crippen molar-refractivity contribution in [1.29, 1.82) is 0 Å². The Labute approximate surface area is 165 Å². The van der Waals surface area contributed by atoms with Crippen molar-refractivity contribution < 1.29 is 9.21 Å². The molecule has 2 heterocycles. The highest BCUT2D eigenvalue weighted by Crippen LogP contribution is 2.23. The van der Waals surface area contributed by atoms with Gasteiger partial charge in [-0.2, -0.15) is 4.80 Å². The summed E-state index contributed by atoms with van der Waals surface area (Å²) in [5.74, 6) is 0.420. The number of nitrogens with zero attached hydrogens (tertiary/aromatic N) is 4. The lowest BCUT2D eigenvalue weighted by Gasteiger charge is -2.04. The normalized spacial score (nSPS) is 10.6. The number of halogens is 1. The number of hydrogen-bond donors (Lipinski definition) is 2. The number of hydrogen-bond acceptors (Lipinski definition) is 6. The number of amides is 1. The molecule has 2 N–H and O–H groups in total. The molecule has 1 amide bonds. The smallest absolute Gasteiger partial charge is 0.293 e. The van der Waals surface area contributed by atoms with Crippen LogP contribution in [0, 0.1) is 0 Å². The minimum Gasteiger partial charge on any atom is -0.451 e. The van der Waals surface area contributed by atoms with Gasteiger partial charge in [0.1, 0.15) is 5.76 Å². The fraction of sp³-hybridized carbons (Fsp3) is 0.235. The second-order valence-corrected chi connectivity index (χ2v) is 6.49. The van der Waals surface area contributed by atoms with E-state index in [1.165, 1.54) is 4.80 Å². The molecule has 27 heavy (non-hydrogen) atoms. The van der Waals surface area contributed by atoms with Crippen LogP contribution in [0.2, 0.25) is 5.02 Å². The fourth-order valence-corrected chi connectivity index (χ4v) is 2.52. The number of tetrazole rings is 1. The van der Waals surface area contributed by atoms with E-state index < -0.39 is 5.91 Å². The highest BCUT2D eigenvalue weighted by molar-refractivity contribution is 7.80. The van der Waals surface area contributed by atoms with Crippen LogP contribution in [0.25, 0.3) is 11.3 Å². The highest BCUT2D eigenvalue weighted by atomic mass is 35.5. The van der Waals surface area contributed by atoms with Gasteiger partial charge in [0.05, 0.1) is 6.54 Å². The summed E-state index contributed by atoms with van der Waals surface area (Å²) >= 11 is 11.0. The fourth-order valence-electron chi connectivity index (χ4n) is 2.21. The number of thiocarbonyl (C=S) groups is 1. The number of carbonyl (C=O) groups is 1. The van der Waals surface area contributed by atoms with Gasteiger partial charge in [-0.05, 0) is 60.3 Å². The Morgan fingerprint density at radius 1 is 1.26 bits per heavy atom. The molecule has 140 valence electrons. The molecule has 3 rings (SSSR count). The van der Waals surface area contributed by atoms with Crippen molar-refractivity contribution in [2.45, 2.75) is 26.3 Å². The van der Waals surface area contributed by atoms with Gasteiger partial charge in [-0.25, -0.2) is 0 Å². The minimum atomic E-state index is -0.480. The van der Waals surface area contributed by atoms with Crippen LogP contribution in [-0.2, 0) is 6.54 Å². The van der Waals surface area contributed by atoms with E-state index >= 15 is 0 Å². The number of aryl methyl sites for hydroxylation is 1. The van der Waals surface area contributed by atoms with Crippen molar-refractivity contribution in [2.24, 2.45) is 0 Å². The number of nitrogens with one attached hydrogen (secondary N) is 2. The topological polar surface area (TPSA) is 97.9 Å². The summed E-state index contributed by atoms with van der Waals surface area (Å²) < 4.78 is 5.58. The van der Waals surface area contributed by atoms with Crippen LogP contribution in [0.15, 0.2) is 40.8 Å². The van der Waals surface area contributed by atoms with Gasteiger partial charge in [0.15, 0.2) is 10.9 Å². The Balaban J connectivity index is 1.57. The average molecular weight is 405 g/mol. The SMILES string of the molecule is CCCCn1nnc(NC(=S)NC(=O)c2ccc(-c3ccc(Cl)cc3)o2)n1. The Morgan fingerprint density at radius 3 is 2.78 bits per heavy atom. The van der Waals surface area contributed by atoms with E-state index in [0.29, 0.717) is 17.3 Å². The number of furan rings is 1. The number of anilines is 1. The Bertz CT molecular complexity index is 937. The van der Waals surface area contributed by atoms with E-state index in [-0.39, 0.29) is 16.8 Å². The molecular weight excluding hydrogens is 388 g/mol. The van der Waals surface area contributed by atoms with Gasteiger partial charge in [0.2, 0.25) is 0 Å². The standard InChI is InChI=1S/C17H17ClN6O2S/c1-2-3-10-24-22-16(21-23-24)20-17(27)19-15(25)14-9-8-13(26-14)11-4-6-12(18)7-5-11/h4-9H,2-3,10H2,1H3,(H2,19,20,22,25,27). The molecule has 0 unspecified atom stereocenters. The van der Waals surface area contributed by atoms with Crippen LogP contribution >= 0.6 is 23.8 Å². The summed E-state index contributed by atoms with van der Waals surface area (Å²) in [6.07, 6.45) is 1.98. The zero-order chi connectivity index (χ0) is 19.2. The lowest BCUT2D eigenvalue weighted by Crippen LogP contribution is -2.34. The molecule has 0 saturated carbocycles. The quantitative estimate of drug-likeness (QED) is 0.606. The monoisotopic (exact) mass is 404 g/mol. The van der Waals surface area contributed by atoms with E-state index in [2.05, 4.69) is 33.0 Å². The number of carbonyl (C=O) groups excluding carboxylic acids is 1. The molecule has 0 radical (unpaired) electrons. The van der Waals surface area contributed by atoms with Crippen molar-refractivity contribution in [3.63, 3.8) is 0 Å². The Kier molecular flexibility index (Phi) is 6.15. The first-order chi connectivity index (χ1) is 13.0. The van der Waals surface area contributed by atoms with E-state index in [4.69, 9.17) is 28.2 Å². The molecule has 1 aromatic carbocycles. The Hall–Kier alpha value is -2.78. The lowest BCUT2D eigenvalue weighted by atomic mass is 10.2. The van der Waals surface area contributed by atoms with Crippen molar-refractivity contribution in [1.82, 2.24) is 25.5 Å². The van der Waals surface area contributed by atoms with Crippen LogP contribution in [0.1, 0.15) is 30.3 Å². The molecule has 8 nitrogen and oxygen atoms in total. The molecule has 0 fully saturated rings. The van der Waals surface area contributed by atoms with Crippen molar-refractivity contribution in [2.75, 3.05) is 5.32 Å². The largest absolute Gasteiger partial charge is 0.451 e. The van der Waals surface area contributed by atoms with Gasteiger partial charge in [-0.3, -0.25) is 15.4 Å². The highest BCUT2D eigenvalue weighted by Gasteiger charge is 2.14. The van der Waals surface area contributed by atoms with Crippen molar-refractivity contribution in [3.05, 3.63) is 47.2 Å². The molecular formula is C17H17ClN6O2S. The van der Waals surface area contributed by atoms with E-state index in [1.54, 1.807) is 24.3 Å². The third kappa shape index (κ3) is 5.11. The average Bonchev–Trinajstić information content (AvgIpc) is 3.30. The first-order valence-electron chi connectivity index (χ1n) is 8.31. The third-order valence-corrected chi connectivity index (χ3v) is 4.03. The summed E-state index contributed by atoms with van der Waals surface area (Å²) in [5, 5.41) is 17.8. The zero-order valence-electron chi connectivity index (χ0n) is 14.5. The second kappa shape index (κ2) is 8.74. The maximum atomic E-state index is 12.3. The van der Waals surface area contributed by atoms with Gasteiger partial charge in [-0.1, -0.05) is 30.0 Å². The molecule has 0 spiro atoms. The van der Waals surface area contributed by atoms with Gasteiger partial charge >= 0.3 is 0 Å². The second-order valence-electron chi connectivity index (χ2n) is 5.64. The molecule has 2 aromatic heterocycles. The summed E-state index contributed by atoms with van der Waals surface area (Å²) in [6.45, 7) is 2.75. The predicted octanol–water partition coefficient (Wildman–Crippen LogP) is 3.51. The number of unbranched alkanes of at least 4 members (excludes halogenated alkanes) is 1. The van der Waals surface area contributed by atoms with E-state index in [0.717, 1.165) is 18.4 Å². The number of benzene rings is 1. The van der Waals surface area contributed by atoms with Crippen LogP contribution < -0.4 is 10.6 Å². The maximum Gasteiger partial charge on any atom is 0.293 e. The van der Waals surface area contributed by atoms with Crippen LogP contribution in [0.3, 0.4) is 0 Å². The van der Waals surface area contributed by atoms with Crippen LogP contribution in [-0.4, -0.2) is 31.2 Å². The molecule has 0 aliphatic carbocycles. The van der Waals surface area contributed by atoms with E-state index in [1.807, 2.05) is 12.1 Å². The summed E-state index contributed by atoms with van der Waals surface area (Å²) in [7, 11) is 0.